The molecule has 1 atom stereocenters. The van der Waals surface area contributed by atoms with Crippen LogP contribution in [0.4, 0.5) is 5.69 Å². The van der Waals surface area contributed by atoms with Crippen LogP contribution in [0.15, 0.2) is 24.3 Å². The molecule has 1 amide bonds. The Morgan fingerprint density at radius 3 is 2.68 bits per heavy atom. The summed E-state index contributed by atoms with van der Waals surface area (Å²) in [5.41, 5.74) is 1.18. The quantitative estimate of drug-likeness (QED) is 0.822. The topological polar surface area (TPSA) is 36.0 Å². The van der Waals surface area contributed by atoms with Gasteiger partial charge in [-0.1, -0.05) is 12.5 Å². The smallest absolute Gasteiger partial charge is 0.222 e. The number of carbonyl (C=O) groups is 1. The fraction of sp³-hybridized carbons (Fsp3) is 0.650. The number of methoxy groups -OCH3 is 1. The summed E-state index contributed by atoms with van der Waals surface area (Å²) in [6.45, 7) is 4.59. The van der Waals surface area contributed by atoms with Crippen molar-refractivity contribution in [3.63, 3.8) is 0 Å². The van der Waals surface area contributed by atoms with Crippen molar-refractivity contribution < 1.29 is 9.53 Å². The monoisotopic (exact) mass is 345 g/mol. The molecule has 0 unspecified atom stereocenters. The lowest BCUT2D eigenvalue weighted by Crippen LogP contribution is -2.49. The van der Waals surface area contributed by atoms with Gasteiger partial charge in [-0.3, -0.25) is 4.79 Å². The lowest BCUT2D eigenvalue weighted by molar-refractivity contribution is -0.131. The molecule has 0 aromatic heterocycles. The third-order valence-electron chi connectivity index (χ3n) is 5.66. The molecule has 2 heterocycles. The van der Waals surface area contributed by atoms with Crippen LogP contribution in [0.5, 0.6) is 5.75 Å². The van der Waals surface area contributed by atoms with Crippen molar-refractivity contribution in [1.82, 2.24) is 9.80 Å². The molecule has 0 radical (unpaired) electrons. The Morgan fingerprint density at radius 1 is 1.16 bits per heavy atom. The van der Waals surface area contributed by atoms with Gasteiger partial charge in [-0.25, -0.2) is 0 Å². The molecule has 3 rings (SSSR count). The molecule has 25 heavy (non-hydrogen) atoms. The Hall–Kier alpha value is -1.75. The number of hydrogen-bond acceptors (Lipinski definition) is 4. The number of amides is 1. The number of anilines is 1. The Labute approximate surface area is 151 Å². The summed E-state index contributed by atoms with van der Waals surface area (Å²) in [5.74, 6) is 1.21. The normalized spacial score (nSPS) is 22.1. The summed E-state index contributed by atoms with van der Waals surface area (Å²) in [6, 6.07) is 8.75. The van der Waals surface area contributed by atoms with Gasteiger partial charge in [-0.2, -0.15) is 0 Å². The SMILES string of the molecule is COc1cccc(N2CCN(C(=O)CC[C@H]3CCCCN3C)CC2)c1. The predicted octanol–water partition coefficient (Wildman–Crippen LogP) is 2.61. The van der Waals surface area contributed by atoms with Gasteiger partial charge in [0.25, 0.3) is 0 Å². The third kappa shape index (κ3) is 4.66. The van der Waals surface area contributed by atoms with Crippen molar-refractivity contribution >= 4 is 11.6 Å². The van der Waals surface area contributed by atoms with Gasteiger partial charge >= 0.3 is 0 Å². The number of piperidine rings is 1. The Balaban J connectivity index is 1.45. The number of benzene rings is 1. The van der Waals surface area contributed by atoms with Gasteiger partial charge in [0.05, 0.1) is 7.11 Å². The summed E-state index contributed by atoms with van der Waals surface area (Å²) in [6.07, 6.45) is 5.54. The van der Waals surface area contributed by atoms with E-state index in [9.17, 15) is 4.79 Å². The maximum Gasteiger partial charge on any atom is 0.222 e. The first kappa shape index (κ1) is 18.1. The molecule has 5 nitrogen and oxygen atoms in total. The van der Waals surface area contributed by atoms with Crippen molar-refractivity contribution in [2.45, 2.75) is 38.1 Å². The van der Waals surface area contributed by atoms with Crippen molar-refractivity contribution in [3.05, 3.63) is 24.3 Å². The molecule has 0 N–H and O–H groups in total. The van der Waals surface area contributed by atoms with Gasteiger partial charge < -0.3 is 19.4 Å². The summed E-state index contributed by atoms with van der Waals surface area (Å²) in [7, 11) is 3.89. The van der Waals surface area contributed by atoms with Gasteiger partial charge in [0.2, 0.25) is 5.91 Å². The fourth-order valence-electron chi connectivity index (χ4n) is 3.98. The number of nitrogens with zero attached hydrogens (tertiary/aromatic N) is 3. The van der Waals surface area contributed by atoms with E-state index in [0.29, 0.717) is 18.4 Å². The van der Waals surface area contributed by atoms with Crippen molar-refractivity contribution in [1.29, 1.82) is 0 Å². The number of likely N-dealkylation sites (tertiary alicyclic amines) is 1. The van der Waals surface area contributed by atoms with E-state index in [2.05, 4.69) is 29.0 Å². The Morgan fingerprint density at radius 2 is 1.96 bits per heavy atom. The van der Waals surface area contributed by atoms with E-state index < -0.39 is 0 Å². The van der Waals surface area contributed by atoms with Crippen LogP contribution in [0.25, 0.3) is 0 Å². The summed E-state index contributed by atoms with van der Waals surface area (Å²) < 4.78 is 5.31. The van der Waals surface area contributed by atoms with E-state index in [4.69, 9.17) is 4.74 Å². The molecule has 2 saturated heterocycles. The second-order valence-electron chi connectivity index (χ2n) is 7.24. The molecule has 5 heteroatoms. The van der Waals surface area contributed by atoms with Crippen molar-refractivity contribution in [2.75, 3.05) is 51.8 Å². The maximum absolute atomic E-state index is 12.6. The molecule has 0 aliphatic carbocycles. The minimum absolute atomic E-state index is 0.323. The lowest BCUT2D eigenvalue weighted by atomic mass is 9.98. The van der Waals surface area contributed by atoms with E-state index in [1.807, 2.05) is 17.0 Å². The molecule has 0 spiro atoms. The number of hydrogen-bond donors (Lipinski definition) is 0. The van der Waals surface area contributed by atoms with E-state index >= 15 is 0 Å². The first-order valence-corrected chi connectivity index (χ1v) is 9.54. The van der Waals surface area contributed by atoms with Gasteiger partial charge in [0.1, 0.15) is 5.75 Å². The second-order valence-corrected chi connectivity index (χ2v) is 7.24. The van der Waals surface area contributed by atoms with Crippen LogP contribution in [0.3, 0.4) is 0 Å². The first-order valence-electron chi connectivity index (χ1n) is 9.54. The molecule has 138 valence electrons. The molecular weight excluding hydrogens is 314 g/mol. The minimum atomic E-state index is 0.323. The highest BCUT2D eigenvalue weighted by molar-refractivity contribution is 5.76. The molecule has 1 aromatic carbocycles. The first-order chi connectivity index (χ1) is 12.2. The highest BCUT2D eigenvalue weighted by Gasteiger charge is 2.24. The molecule has 2 aliphatic rings. The number of carbonyl (C=O) groups excluding carboxylic acids is 1. The summed E-state index contributed by atoms with van der Waals surface area (Å²) in [5, 5.41) is 0. The zero-order valence-electron chi connectivity index (χ0n) is 15.6. The van der Waals surface area contributed by atoms with Crippen LogP contribution < -0.4 is 9.64 Å². The average molecular weight is 345 g/mol. The average Bonchev–Trinajstić information content (AvgIpc) is 2.67. The zero-order valence-corrected chi connectivity index (χ0v) is 15.6. The second kappa shape index (κ2) is 8.56. The van der Waals surface area contributed by atoms with Crippen LogP contribution in [-0.2, 0) is 4.79 Å². The predicted molar refractivity (Wildman–Crippen MR) is 101 cm³/mol. The molecule has 0 saturated carbocycles. The van der Waals surface area contributed by atoms with Gasteiger partial charge in [-0.15, -0.1) is 0 Å². The van der Waals surface area contributed by atoms with E-state index in [0.717, 1.165) is 38.3 Å². The minimum Gasteiger partial charge on any atom is -0.497 e. The van der Waals surface area contributed by atoms with E-state index in [1.165, 1.54) is 31.5 Å². The lowest BCUT2D eigenvalue weighted by Gasteiger charge is -2.37. The highest BCUT2D eigenvalue weighted by Crippen LogP contribution is 2.23. The standard InChI is InChI=1S/C20H31N3O2/c1-21-11-4-3-6-17(21)9-10-20(24)23-14-12-22(13-15-23)18-7-5-8-19(16-18)25-2/h5,7-8,16-17H,3-4,6,9-15H2,1-2H3/t17-/m1/s1. The van der Waals surface area contributed by atoms with Crippen LogP contribution in [0.1, 0.15) is 32.1 Å². The van der Waals surface area contributed by atoms with Crippen LogP contribution in [-0.4, -0.2) is 68.6 Å². The van der Waals surface area contributed by atoms with Crippen LogP contribution in [0.2, 0.25) is 0 Å². The van der Waals surface area contributed by atoms with Crippen molar-refractivity contribution in [3.8, 4) is 5.75 Å². The van der Waals surface area contributed by atoms with Crippen LogP contribution >= 0.6 is 0 Å². The summed E-state index contributed by atoms with van der Waals surface area (Å²) in [4.78, 5) is 19.4. The number of rotatable bonds is 5. The van der Waals surface area contributed by atoms with Crippen LogP contribution in [0, 0.1) is 0 Å². The summed E-state index contributed by atoms with van der Waals surface area (Å²) >= 11 is 0. The number of piperazine rings is 1. The molecule has 2 aliphatic heterocycles. The number of ether oxygens (including phenoxy) is 1. The molecule has 1 aromatic rings. The Bertz CT molecular complexity index is 570. The molecule has 2 fully saturated rings. The Kier molecular flexibility index (Phi) is 6.19. The third-order valence-corrected chi connectivity index (χ3v) is 5.66. The van der Waals surface area contributed by atoms with Gasteiger partial charge in [0, 0.05) is 50.4 Å². The van der Waals surface area contributed by atoms with E-state index in [-0.39, 0.29) is 0 Å². The van der Waals surface area contributed by atoms with E-state index in [1.54, 1.807) is 7.11 Å². The van der Waals surface area contributed by atoms with Gasteiger partial charge in [0.15, 0.2) is 0 Å². The molecular formula is C20H31N3O2. The maximum atomic E-state index is 12.6. The van der Waals surface area contributed by atoms with Gasteiger partial charge in [-0.05, 0) is 45.0 Å². The highest BCUT2D eigenvalue weighted by atomic mass is 16.5. The zero-order chi connectivity index (χ0) is 17.6. The van der Waals surface area contributed by atoms with Crippen molar-refractivity contribution in [2.24, 2.45) is 0 Å². The molecule has 0 bridgehead atoms. The fourth-order valence-corrected chi connectivity index (χ4v) is 3.98. The largest absolute Gasteiger partial charge is 0.497 e.